The third-order valence-electron chi connectivity index (χ3n) is 3.67. The lowest BCUT2D eigenvalue weighted by atomic mass is 9.82. The number of amides is 1. The Kier molecular flexibility index (Phi) is 6.16. The molecule has 0 saturated carbocycles. The molecule has 1 N–H and O–H groups in total. The zero-order valence-electron chi connectivity index (χ0n) is 15.3. The molecule has 25 heavy (non-hydrogen) atoms. The molecule has 1 heterocycles. The summed E-state index contributed by atoms with van der Waals surface area (Å²) >= 11 is 1.31. The van der Waals surface area contributed by atoms with Gasteiger partial charge in [-0.3, -0.25) is 4.79 Å². The van der Waals surface area contributed by atoms with Crippen molar-refractivity contribution < 1.29 is 9.18 Å². The number of carbonyl (C=O) groups excluding carboxylic acids is 1. The van der Waals surface area contributed by atoms with Gasteiger partial charge in [-0.05, 0) is 43.0 Å². The van der Waals surface area contributed by atoms with E-state index < -0.39 is 0 Å². The van der Waals surface area contributed by atoms with Gasteiger partial charge in [0.05, 0.1) is 11.8 Å². The number of rotatable bonds is 5. The van der Waals surface area contributed by atoms with Gasteiger partial charge in [-0.15, -0.1) is 0 Å². The average molecular weight is 361 g/mol. The SMILES string of the molecule is Cc1cc(C)nc(SCC(=O)N[C@@H](c2ccc(F)cc2)C(C)(C)C)n1. The standard InChI is InChI=1S/C19H24FN3OS/c1-12-10-13(2)22-18(21-12)25-11-16(24)23-17(19(3,4)5)14-6-8-15(20)9-7-14/h6-10,17H,11H2,1-5H3,(H,23,24)/t17-/m0/s1. The number of nitrogens with zero attached hydrogens (tertiary/aromatic N) is 2. The summed E-state index contributed by atoms with van der Waals surface area (Å²) < 4.78 is 13.2. The highest BCUT2D eigenvalue weighted by atomic mass is 32.2. The molecular formula is C19H24FN3OS. The molecule has 0 radical (unpaired) electrons. The van der Waals surface area contributed by atoms with E-state index in [1.165, 1.54) is 23.9 Å². The number of hydrogen-bond donors (Lipinski definition) is 1. The van der Waals surface area contributed by atoms with Gasteiger partial charge in [-0.1, -0.05) is 44.7 Å². The Hall–Kier alpha value is -1.95. The maximum absolute atomic E-state index is 13.2. The van der Waals surface area contributed by atoms with Crippen LogP contribution in [-0.4, -0.2) is 21.6 Å². The second-order valence-corrected chi connectivity index (χ2v) is 8.08. The van der Waals surface area contributed by atoms with Crippen molar-refractivity contribution in [2.45, 2.75) is 45.8 Å². The Morgan fingerprint density at radius 1 is 1.16 bits per heavy atom. The lowest BCUT2D eigenvalue weighted by Gasteiger charge is -2.32. The van der Waals surface area contributed by atoms with Gasteiger partial charge in [0.2, 0.25) is 5.91 Å². The van der Waals surface area contributed by atoms with Crippen molar-refractivity contribution >= 4 is 17.7 Å². The van der Waals surface area contributed by atoms with Crippen molar-refractivity contribution in [2.24, 2.45) is 5.41 Å². The summed E-state index contributed by atoms with van der Waals surface area (Å²) in [5, 5.41) is 3.65. The van der Waals surface area contributed by atoms with E-state index in [4.69, 9.17) is 0 Å². The van der Waals surface area contributed by atoms with E-state index in [0.29, 0.717) is 5.16 Å². The van der Waals surface area contributed by atoms with Crippen LogP contribution in [-0.2, 0) is 4.79 Å². The summed E-state index contributed by atoms with van der Waals surface area (Å²) in [6.07, 6.45) is 0. The maximum Gasteiger partial charge on any atom is 0.230 e. The van der Waals surface area contributed by atoms with Crippen LogP contribution in [0.5, 0.6) is 0 Å². The molecule has 0 aliphatic carbocycles. The molecule has 0 spiro atoms. The topological polar surface area (TPSA) is 54.9 Å². The highest BCUT2D eigenvalue weighted by molar-refractivity contribution is 7.99. The van der Waals surface area contributed by atoms with Crippen LogP contribution in [0.2, 0.25) is 0 Å². The first-order chi connectivity index (χ1) is 11.6. The molecule has 1 aromatic carbocycles. The van der Waals surface area contributed by atoms with E-state index in [2.05, 4.69) is 15.3 Å². The van der Waals surface area contributed by atoms with Crippen molar-refractivity contribution in [3.05, 3.63) is 53.1 Å². The van der Waals surface area contributed by atoms with E-state index in [-0.39, 0.29) is 28.9 Å². The molecular weight excluding hydrogens is 337 g/mol. The zero-order valence-corrected chi connectivity index (χ0v) is 16.1. The highest BCUT2D eigenvalue weighted by Crippen LogP contribution is 2.33. The Bertz CT molecular complexity index is 721. The van der Waals surface area contributed by atoms with Crippen molar-refractivity contribution in [3.63, 3.8) is 0 Å². The molecule has 6 heteroatoms. The fourth-order valence-electron chi connectivity index (χ4n) is 2.55. The Morgan fingerprint density at radius 2 is 1.72 bits per heavy atom. The number of halogens is 1. The Morgan fingerprint density at radius 3 is 2.24 bits per heavy atom. The molecule has 1 atom stereocenters. The lowest BCUT2D eigenvalue weighted by Crippen LogP contribution is -2.37. The van der Waals surface area contributed by atoms with Gasteiger partial charge in [-0.2, -0.15) is 0 Å². The van der Waals surface area contributed by atoms with E-state index in [0.717, 1.165) is 17.0 Å². The minimum absolute atomic E-state index is 0.1000. The van der Waals surface area contributed by atoms with Gasteiger partial charge in [0, 0.05) is 11.4 Å². The van der Waals surface area contributed by atoms with E-state index in [9.17, 15) is 9.18 Å². The van der Waals surface area contributed by atoms with Crippen LogP contribution in [0.1, 0.15) is 43.8 Å². The van der Waals surface area contributed by atoms with Gasteiger partial charge >= 0.3 is 0 Å². The van der Waals surface area contributed by atoms with Gasteiger partial charge < -0.3 is 5.32 Å². The molecule has 1 amide bonds. The number of nitrogens with one attached hydrogen (secondary N) is 1. The molecule has 0 bridgehead atoms. The van der Waals surface area contributed by atoms with Crippen LogP contribution in [0.25, 0.3) is 0 Å². The average Bonchev–Trinajstić information content (AvgIpc) is 2.50. The van der Waals surface area contributed by atoms with E-state index in [1.54, 1.807) is 12.1 Å². The van der Waals surface area contributed by atoms with Gasteiger partial charge in [0.25, 0.3) is 0 Å². The Balaban J connectivity index is 2.05. The lowest BCUT2D eigenvalue weighted by molar-refractivity contribution is -0.120. The summed E-state index contributed by atoms with van der Waals surface area (Å²) in [6.45, 7) is 9.94. The number of aryl methyl sites for hydroxylation is 2. The third-order valence-corrected chi connectivity index (χ3v) is 4.52. The van der Waals surface area contributed by atoms with Crippen LogP contribution in [0.3, 0.4) is 0 Å². The van der Waals surface area contributed by atoms with E-state index in [1.807, 2.05) is 40.7 Å². The predicted octanol–water partition coefficient (Wildman–Crippen LogP) is 4.23. The van der Waals surface area contributed by atoms with Gasteiger partial charge in [0.15, 0.2) is 5.16 Å². The van der Waals surface area contributed by atoms with Gasteiger partial charge in [0.1, 0.15) is 5.82 Å². The van der Waals surface area contributed by atoms with E-state index >= 15 is 0 Å². The van der Waals surface area contributed by atoms with Crippen molar-refractivity contribution in [3.8, 4) is 0 Å². The summed E-state index contributed by atoms with van der Waals surface area (Å²) in [6, 6.07) is 7.95. The molecule has 2 rings (SSSR count). The fraction of sp³-hybridized carbons (Fsp3) is 0.421. The monoisotopic (exact) mass is 361 g/mol. The van der Waals surface area contributed by atoms with Crippen LogP contribution in [0, 0.1) is 25.1 Å². The first kappa shape index (κ1) is 19.4. The molecule has 1 aromatic heterocycles. The molecule has 0 aliphatic rings. The fourth-order valence-corrected chi connectivity index (χ4v) is 3.31. The predicted molar refractivity (Wildman–Crippen MR) is 99.0 cm³/mol. The first-order valence-electron chi connectivity index (χ1n) is 8.15. The zero-order chi connectivity index (χ0) is 18.6. The minimum Gasteiger partial charge on any atom is -0.348 e. The second kappa shape index (κ2) is 7.95. The Labute approximate surface area is 152 Å². The van der Waals surface area contributed by atoms with Crippen LogP contribution in [0.4, 0.5) is 4.39 Å². The molecule has 4 nitrogen and oxygen atoms in total. The second-order valence-electron chi connectivity index (χ2n) is 7.14. The highest BCUT2D eigenvalue weighted by Gasteiger charge is 2.27. The van der Waals surface area contributed by atoms with Crippen LogP contribution < -0.4 is 5.32 Å². The van der Waals surface area contributed by atoms with Crippen molar-refractivity contribution in [2.75, 3.05) is 5.75 Å². The number of carbonyl (C=O) groups is 1. The smallest absolute Gasteiger partial charge is 0.230 e. The molecule has 2 aromatic rings. The minimum atomic E-state index is -0.287. The molecule has 0 saturated heterocycles. The van der Waals surface area contributed by atoms with Crippen molar-refractivity contribution in [1.82, 2.24) is 15.3 Å². The molecule has 0 fully saturated rings. The molecule has 0 aliphatic heterocycles. The first-order valence-corrected chi connectivity index (χ1v) is 9.13. The summed E-state index contributed by atoms with van der Waals surface area (Å²) in [4.78, 5) is 21.1. The maximum atomic E-state index is 13.2. The molecule has 0 unspecified atom stereocenters. The number of aromatic nitrogens is 2. The summed E-state index contributed by atoms with van der Waals surface area (Å²) in [5.41, 5.74) is 2.45. The van der Waals surface area contributed by atoms with Crippen molar-refractivity contribution in [1.29, 1.82) is 0 Å². The van der Waals surface area contributed by atoms with Gasteiger partial charge in [-0.25, -0.2) is 14.4 Å². The van der Waals surface area contributed by atoms with Crippen LogP contribution >= 0.6 is 11.8 Å². The largest absolute Gasteiger partial charge is 0.348 e. The number of hydrogen-bond acceptors (Lipinski definition) is 4. The third kappa shape index (κ3) is 5.81. The summed E-state index contributed by atoms with van der Waals surface area (Å²) in [5.74, 6) is -0.154. The normalized spacial score (nSPS) is 12.7. The quantitative estimate of drug-likeness (QED) is 0.640. The number of thioether (sulfide) groups is 1. The van der Waals surface area contributed by atoms with Crippen LogP contribution in [0.15, 0.2) is 35.5 Å². The summed E-state index contributed by atoms with van der Waals surface area (Å²) in [7, 11) is 0. The molecule has 134 valence electrons. The number of benzene rings is 1.